The Morgan fingerprint density at radius 1 is 1.14 bits per heavy atom. The topological polar surface area (TPSA) is 78.9 Å². The number of hydrogen-bond donors (Lipinski definition) is 2. The smallest absolute Gasteiger partial charge is 0.177 e. The number of imidazole rings is 1. The fraction of sp³-hybridized carbons (Fsp3) is 0.200. The lowest BCUT2D eigenvalue weighted by Gasteiger charge is -2.04. The molecule has 21 heavy (non-hydrogen) atoms. The number of hydrazone groups is 1. The van der Waals surface area contributed by atoms with Crippen LogP contribution in [0.3, 0.4) is 0 Å². The minimum absolute atomic E-state index is 0.531. The lowest BCUT2D eigenvalue weighted by Crippen LogP contribution is -1.96. The van der Waals surface area contributed by atoms with Gasteiger partial charge in [0.1, 0.15) is 6.33 Å². The van der Waals surface area contributed by atoms with Gasteiger partial charge in [0.05, 0.1) is 12.5 Å². The number of H-pyrrole nitrogens is 1. The maximum Gasteiger partial charge on any atom is 0.177 e. The van der Waals surface area contributed by atoms with Crippen molar-refractivity contribution in [3.05, 3.63) is 48.0 Å². The van der Waals surface area contributed by atoms with Gasteiger partial charge < -0.3 is 4.98 Å². The van der Waals surface area contributed by atoms with E-state index < -0.39 is 0 Å². The van der Waals surface area contributed by atoms with Crippen LogP contribution in [0.25, 0.3) is 11.2 Å². The summed E-state index contributed by atoms with van der Waals surface area (Å²) < 4.78 is 0. The highest BCUT2D eigenvalue weighted by atomic mass is 15.3. The zero-order chi connectivity index (χ0) is 14.7. The SMILES string of the molecule is CC(C)c1ccc(/C=N/Nc2ncnc3[nH]cnc23)cc1. The Balaban J connectivity index is 1.73. The van der Waals surface area contributed by atoms with Crippen LogP contribution in [-0.4, -0.2) is 26.2 Å². The van der Waals surface area contributed by atoms with Gasteiger partial charge in [0.15, 0.2) is 17.0 Å². The molecule has 6 heteroatoms. The van der Waals surface area contributed by atoms with E-state index in [1.54, 1.807) is 12.5 Å². The van der Waals surface area contributed by atoms with Gasteiger partial charge in [-0.3, -0.25) is 5.43 Å². The third-order valence-electron chi connectivity index (χ3n) is 3.20. The van der Waals surface area contributed by atoms with E-state index in [2.05, 4.69) is 56.4 Å². The van der Waals surface area contributed by atoms with Crippen LogP contribution < -0.4 is 5.43 Å². The highest BCUT2D eigenvalue weighted by Crippen LogP contribution is 2.15. The molecule has 3 aromatic rings. The average molecular weight is 280 g/mol. The van der Waals surface area contributed by atoms with Crippen molar-refractivity contribution in [1.29, 1.82) is 0 Å². The van der Waals surface area contributed by atoms with Gasteiger partial charge in [0, 0.05) is 0 Å². The summed E-state index contributed by atoms with van der Waals surface area (Å²) in [6, 6.07) is 8.32. The second-order valence-corrected chi connectivity index (χ2v) is 5.01. The van der Waals surface area contributed by atoms with E-state index in [1.165, 1.54) is 11.9 Å². The van der Waals surface area contributed by atoms with Gasteiger partial charge in [0.25, 0.3) is 0 Å². The highest BCUT2D eigenvalue weighted by Gasteiger charge is 2.04. The van der Waals surface area contributed by atoms with E-state index in [-0.39, 0.29) is 0 Å². The Labute approximate surface area is 122 Å². The highest BCUT2D eigenvalue weighted by molar-refractivity contribution is 5.84. The molecule has 6 nitrogen and oxygen atoms in total. The molecule has 0 amide bonds. The molecule has 2 N–H and O–H groups in total. The van der Waals surface area contributed by atoms with Crippen molar-refractivity contribution >= 4 is 23.2 Å². The molecule has 0 fully saturated rings. The van der Waals surface area contributed by atoms with E-state index in [4.69, 9.17) is 0 Å². The fourth-order valence-electron chi connectivity index (χ4n) is 1.98. The Kier molecular flexibility index (Phi) is 3.59. The Morgan fingerprint density at radius 2 is 1.95 bits per heavy atom. The van der Waals surface area contributed by atoms with Gasteiger partial charge in [-0.2, -0.15) is 5.10 Å². The zero-order valence-corrected chi connectivity index (χ0v) is 11.9. The molecule has 0 atom stereocenters. The number of aromatic amines is 1. The molecule has 0 aliphatic heterocycles. The molecule has 0 saturated carbocycles. The van der Waals surface area contributed by atoms with Crippen molar-refractivity contribution in [1.82, 2.24) is 19.9 Å². The van der Waals surface area contributed by atoms with Crippen molar-refractivity contribution in [2.24, 2.45) is 5.10 Å². The largest absolute Gasteiger partial charge is 0.329 e. The van der Waals surface area contributed by atoms with Crippen LogP contribution in [0.2, 0.25) is 0 Å². The molecule has 2 aromatic heterocycles. The Hall–Kier alpha value is -2.76. The average Bonchev–Trinajstić information content (AvgIpc) is 2.97. The van der Waals surface area contributed by atoms with Crippen molar-refractivity contribution in [3.63, 3.8) is 0 Å². The molecular weight excluding hydrogens is 264 g/mol. The molecule has 3 rings (SSSR count). The summed E-state index contributed by atoms with van der Waals surface area (Å²) in [5.74, 6) is 1.11. The number of nitrogens with one attached hydrogen (secondary N) is 2. The number of nitrogens with zero attached hydrogens (tertiary/aromatic N) is 4. The fourth-order valence-corrected chi connectivity index (χ4v) is 1.98. The first-order valence-corrected chi connectivity index (χ1v) is 6.77. The van der Waals surface area contributed by atoms with Gasteiger partial charge in [-0.15, -0.1) is 0 Å². The standard InChI is InChI=1S/C15H16N6/c1-10(2)12-5-3-11(4-6-12)7-20-21-15-13-14(17-8-16-13)18-9-19-15/h3-10H,1-2H3,(H2,16,17,18,19,21)/b20-7+. The molecule has 0 bridgehead atoms. The molecule has 0 unspecified atom stereocenters. The van der Waals surface area contributed by atoms with Crippen molar-refractivity contribution in [2.75, 3.05) is 5.43 Å². The number of anilines is 1. The number of aromatic nitrogens is 4. The molecular formula is C15H16N6. The van der Waals surface area contributed by atoms with Crippen molar-refractivity contribution < 1.29 is 0 Å². The second-order valence-electron chi connectivity index (χ2n) is 5.01. The second kappa shape index (κ2) is 5.70. The molecule has 1 aromatic carbocycles. The van der Waals surface area contributed by atoms with Crippen LogP contribution >= 0.6 is 0 Å². The summed E-state index contributed by atoms with van der Waals surface area (Å²) in [6.07, 6.45) is 4.80. The van der Waals surface area contributed by atoms with Gasteiger partial charge in [-0.1, -0.05) is 38.1 Å². The van der Waals surface area contributed by atoms with E-state index in [1.807, 2.05) is 12.1 Å². The first-order chi connectivity index (χ1) is 10.2. The van der Waals surface area contributed by atoms with Crippen LogP contribution in [0.1, 0.15) is 30.9 Å². The lowest BCUT2D eigenvalue weighted by atomic mass is 10.0. The van der Waals surface area contributed by atoms with Gasteiger partial charge in [-0.05, 0) is 17.0 Å². The number of benzene rings is 1. The van der Waals surface area contributed by atoms with Crippen molar-refractivity contribution in [2.45, 2.75) is 19.8 Å². The van der Waals surface area contributed by atoms with E-state index >= 15 is 0 Å². The van der Waals surface area contributed by atoms with E-state index in [0.29, 0.717) is 22.9 Å². The minimum Gasteiger partial charge on any atom is -0.329 e. The predicted molar refractivity (Wildman–Crippen MR) is 83.4 cm³/mol. The summed E-state index contributed by atoms with van der Waals surface area (Å²) >= 11 is 0. The van der Waals surface area contributed by atoms with Gasteiger partial charge in [-0.25, -0.2) is 15.0 Å². The summed E-state index contributed by atoms with van der Waals surface area (Å²) in [5, 5.41) is 4.20. The summed E-state index contributed by atoms with van der Waals surface area (Å²) in [4.78, 5) is 15.3. The Bertz CT molecular complexity index is 757. The predicted octanol–water partition coefficient (Wildman–Crippen LogP) is 2.92. The molecule has 0 aliphatic rings. The normalized spacial score (nSPS) is 11.6. The lowest BCUT2D eigenvalue weighted by molar-refractivity contribution is 0.866. The summed E-state index contributed by atoms with van der Waals surface area (Å²) in [5.41, 5.74) is 6.59. The molecule has 2 heterocycles. The molecule has 0 aliphatic carbocycles. The number of hydrogen-bond acceptors (Lipinski definition) is 5. The molecule has 0 spiro atoms. The maximum absolute atomic E-state index is 4.20. The van der Waals surface area contributed by atoms with E-state index in [9.17, 15) is 0 Å². The molecule has 0 saturated heterocycles. The maximum atomic E-state index is 4.20. The quantitative estimate of drug-likeness (QED) is 0.569. The van der Waals surface area contributed by atoms with Crippen molar-refractivity contribution in [3.8, 4) is 0 Å². The zero-order valence-electron chi connectivity index (χ0n) is 11.9. The third-order valence-corrected chi connectivity index (χ3v) is 3.20. The van der Waals surface area contributed by atoms with Crippen LogP contribution in [0.4, 0.5) is 5.82 Å². The van der Waals surface area contributed by atoms with Gasteiger partial charge >= 0.3 is 0 Å². The van der Waals surface area contributed by atoms with Gasteiger partial charge in [0.2, 0.25) is 0 Å². The number of rotatable bonds is 4. The monoisotopic (exact) mass is 280 g/mol. The van der Waals surface area contributed by atoms with Crippen LogP contribution in [0, 0.1) is 0 Å². The number of fused-ring (bicyclic) bond motifs is 1. The van der Waals surface area contributed by atoms with E-state index in [0.717, 1.165) is 5.56 Å². The van der Waals surface area contributed by atoms with Crippen LogP contribution in [-0.2, 0) is 0 Å². The first-order valence-electron chi connectivity index (χ1n) is 6.77. The first kappa shape index (κ1) is 13.2. The third kappa shape index (κ3) is 2.89. The Morgan fingerprint density at radius 3 is 2.71 bits per heavy atom. The van der Waals surface area contributed by atoms with Crippen LogP contribution in [0.5, 0.6) is 0 Å². The summed E-state index contributed by atoms with van der Waals surface area (Å²) in [6.45, 7) is 4.35. The summed E-state index contributed by atoms with van der Waals surface area (Å²) in [7, 11) is 0. The molecule has 106 valence electrons. The minimum atomic E-state index is 0.531. The molecule has 0 radical (unpaired) electrons. The van der Waals surface area contributed by atoms with Crippen LogP contribution in [0.15, 0.2) is 42.0 Å².